The Morgan fingerprint density at radius 1 is 1.11 bits per heavy atom. The molecule has 0 bridgehead atoms. The van der Waals surface area contributed by atoms with Gasteiger partial charge in [0.05, 0.1) is 0 Å². The highest BCUT2D eigenvalue weighted by Crippen LogP contribution is 2.26. The van der Waals surface area contributed by atoms with E-state index in [1.54, 1.807) is 24.8 Å². The molecule has 0 aliphatic heterocycles. The molecule has 146 valence electrons. The zero-order chi connectivity index (χ0) is 19.9. The van der Waals surface area contributed by atoms with Crippen LogP contribution in [0.1, 0.15) is 12.5 Å². The summed E-state index contributed by atoms with van der Waals surface area (Å²) in [5, 5.41) is 6.31. The van der Waals surface area contributed by atoms with Crippen molar-refractivity contribution in [2.45, 2.75) is 18.8 Å². The first-order chi connectivity index (χ1) is 13.5. The van der Waals surface area contributed by atoms with Crippen molar-refractivity contribution in [3.05, 3.63) is 76.3 Å². The molecule has 0 fully saturated rings. The van der Waals surface area contributed by atoms with Gasteiger partial charge < -0.3 is 10.1 Å². The Morgan fingerprint density at radius 3 is 2.71 bits per heavy atom. The molecule has 0 radical (unpaired) electrons. The monoisotopic (exact) mass is 433 g/mol. The Bertz CT molecular complexity index is 959. The van der Waals surface area contributed by atoms with Crippen LogP contribution in [0, 0.1) is 0 Å². The van der Waals surface area contributed by atoms with Crippen LogP contribution in [0.25, 0.3) is 10.8 Å². The summed E-state index contributed by atoms with van der Waals surface area (Å²) in [5.41, 5.74) is 1.04. The molecule has 3 nitrogen and oxygen atoms in total. The van der Waals surface area contributed by atoms with E-state index in [2.05, 4.69) is 5.32 Å². The molecule has 0 saturated heterocycles. The fraction of sp³-hybridized carbons (Fsp3) is 0.227. The normalized spacial score (nSPS) is 12.0. The second-order valence-corrected chi connectivity index (χ2v) is 8.27. The summed E-state index contributed by atoms with van der Waals surface area (Å²) in [7, 11) is 0. The van der Waals surface area contributed by atoms with E-state index in [4.69, 9.17) is 27.9 Å². The van der Waals surface area contributed by atoms with Gasteiger partial charge in [-0.25, -0.2) is 0 Å². The van der Waals surface area contributed by atoms with Crippen molar-refractivity contribution in [1.29, 1.82) is 0 Å². The lowest BCUT2D eigenvalue weighted by Gasteiger charge is -2.16. The van der Waals surface area contributed by atoms with Crippen LogP contribution in [0.5, 0.6) is 5.75 Å². The predicted octanol–water partition coefficient (Wildman–Crippen LogP) is 5.96. The van der Waals surface area contributed by atoms with Gasteiger partial charge in [-0.1, -0.05) is 65.7 Å². The number of nitrogens with one attached hydrogen (secondary N) is 1. The fourth-order valence-corrected chi connectivity index (χ4v) is 4.17. The van der Waals surface area contributed by atoms with Gasteiger partial charge in [0.2, 0.25) is 0 Å². The van der Waals surface area contributed by atoms with Crippen molar-refractivity contribution in [3.63, 3.8) is 0 Å². The van der Waals surface area contributed by atoms with Crippen molar-refractivity contribution in [2.24, 2.45) is 0 Å². The fourth-order valence-electron chi connectivity index (χ4n) is 2.75. The lowest BCUT2D eigenvalue weighted by Crippen LogP contribution is -2.37. The maximum Gasteiger partial charge on any atom is 0.260 e. The first-order valence-corrected chi connectivity index (χ1v) is 10.9. The lowest BCUT2D eigenvalue weighted by molar-refractivity contribution is -0.127. The topological polar surface area (TPSA) is 38.3 Å². The Hall–Kier alpha value is -1.88. The van der Waals surface area contributed by atoms with Crippen LogP contribution in [-0.4, -0.2) is 24.3 Å². The highest BCUT2D eigenvalue weighted by atomic mass is 35.5. The SMILES string of the molecule is C[C@@H](Oc1cccc2ccccc12)C(=O)NCCSCc1ccc(Cl)cc1Cl. The molecule has 0 heterocycles. The number of hydrogen-bond donors (Lipinski definition) is 1. The molecule has 1 N–H and O–H groups in total. The van der Waals surface area contributed by atoms with Crippen LogP contribution in [0.15, 0.2) is 60.7 Å². The zero-order valence-corrected chi connectivity index (χ0v) is 17.8. The third-order valence-electron chi connectivity index (χ3n) is 4.24. The molecule has 0 aromatic heterocycles. The summed E-state index contributed by atoms with van der Waals surface area (Å²) in [6.45, 7) is 2.33. The quantitative estimate of drug-likeness (QED) is 0.445. The molecule has 1 atom stereocenters. The summed E-state index contributed by atoms with van der Waals surface area (Å²) in [6, 6.07) is 19.3. The Balaban J connectivity index is 1.44. The van der Waals surface area contributed by atoms with Crippen molar-refractivity contribution in [3.8, 4) is 5.75 Å². The third kappa shape index (κ3) is 5.57. The van der Waals surface area contributed by atoms with Crippen LogP contribution in [0.4, 0.5) is 0 Å². The zero-order valence-electron chi connectivity index (χ0n) is 15.5. The van der Waals surface area contributed by atoms with E-state index in [0.29, 0.717) is 22.3 Å². The van der Waals surface area contributed by atoms with E-state index in [1.807, 2.05) is 54.6 Å². The molecular formula is C22H21Cl2NO2S. The van der Waals surface area contributed by atoms with Crippen LogP contribution < -0.4 is 10.1 Å². The van der Waals surface area contributed by atoms with E-state index >= 15 is 0 Å². The van der Waals surface area contributed by atoms with Gasteiger partial charge >= 0.3 is 0 Å². The number of carbonyl (C=O) groups is 1. The smallest absolute Gasteiger partial charge is 0.260 e. The van der Waals surface area contributed by atoms with Gasteiger partial charge in [0, 0.05) is 33.5 Å². The molecule has 0 saturated carbocycles. The highest BCUT2D eigenvalue weighted by Gasteiger charge is 2.15. The highest BCUT2D eigenvalue weighted by molar-refractivity contribution is 7.98. The molecule has 0 aliphatic carbocycles. The summed E-state index contributed by atoms with van der Waals surface area (Å²) in [4.78, 5) is 12.3. The first-order valence-electron chi connectivity index (χ1n) is 8.98. The minimum absolute atomic E-state index is 0.127. The van der Waals surface area contributed by atoms with E-state index in [9.17, 15) is 4.79 Å². The van der Waals surface area contributed by atoms with Gasteiger partial charge in [-0.2, -0.15) is 11.8 Å². The summed E-state index contributed by atoms with van der Waals surface area (Å²) < 4.78 is 5.89. The van der Waals surface area contributed by atoms with Gasteiger partial charge in [0.1, 0.15) is 5.75 Å². The maximum absolute atomic E-state index is 12.3. The summed E-state index contributed by atoms with van der Waals surface area (Å²) in [5.74, 6) is 2.14. The molecule has 3 rings (SSSR count). The van der Waals surface area contributed by atoms with E-state index < -0.39 is 6.10 Å². The Labute approximate surface area is 179 Å². The molecule has 3 aromatic rings. The van der Waals surface area contributed by atoms with Gasteiger partial charge in [0.15, 0.2) is 6.10 Å². The first kappa shape index (κ1) is 20.8. The number of carbonyl (C=O) groups excluding carboxylic acids is 1. The van der Waals surface area contributed by atoms with E-state index in [0.717, 1.165) is 27.8 Å². The number of hydrogen-bond acceptors (Lipinski definition) is 3. The Kier molecular flexibility index (Phi) is 7.49. The van der Waals surface area contributed by atoms with Crippen LogP contribution >= 0.6 is 35.0 Å². The van der Waals surface area contributed by atoms with Crippen LogP contribution in [0.3, 0.4) is 0 Å². The average Bonchev–Trinajstić information content (AvgIpc) is 2.69. The number of thioether (sulfide) groups is 1. The van der Waals surface area contributed by atoms with Crippen molar-refractivity contribution in [1.82, 2.24) is 5.32 Å². The molecule has 1 amide bonds. The lowest BCUT2D eigenvalue weighted by atomic mass is 10.1. The molecule has 0 aliphatic rings. The van der Waals surface area contributed by atoms with E-state index in [1.165, 1.54) is 0 Å². The van der Waals surface area contributed by atoms with Gasteiger partial charge in [-0.15, -0.1) is 0 Å². The van der Waals surface area contributed by atoms with Crippen molar-refractivity contribution >= 4 is 51.6 Å². The minimum Gasteiger partial charge on any atom is -0.480 e. The van der Waals surface area contributed by atoms with E-state index in [-0.39, 0.29) is 5.91 Å². The molecule has 0 spiro atoms. The van der Waals surface area contributed by atoms with Gasteiger partial charge in [-0.05, 0) is 36.1 Å². The third-order valence-corrected chi connectivity index (χ3v) is 5.84. The number of fused-ring (bicyclic) bond motifs is 1. The van der Waals surface area contributed by atoms with Crippen molar-refractivity contribution in [2.75, 3.05) is 12.3 Å². The standard InChI is InChI=1S/C22H21Cl2NO2S/c1-15(27-21-8-4-6-16-5-2-3-7-19(16)21)22(26)25-11-12-28-14-17-9-10-18(23)13-20(17)24/h2-10,13,15H,11-12,14H2,1H3,(H,25,26)/t15-/m1/s1. The average molecular weight is 434 g/mol. The number of halogens is 2. The second kappa shape index (κ2) is 10.1. The largest absolute Gasteiger partial charge is 0.480 e. The van der Waals surface area contributed by atoms with Gasteiger partial charge in [-0.3, -0.25) is 4.79 Å². The molecule has 28 heavy (non-hydrogen) atoms. The Morgan fingerprint density at radius 2 is 1.89 bits per heavy atom. The van der Waals surface area contributed by atoms with Crippen LogP contribution in [0.2, 0.25) is 10.0 Å². The number of ether oxygens (including phenoxy) is 1. The summed E-state index contributed by atoms with van der Waals surface area (Å²) in [6.07, 6.45) is -0.568. The predicted molar refractivity (Wildman–Crippen MR) is 120 cm³/mol. The number of rotatable bonds is 8. The molecule has 0 unspecified atom stereocenters. The molecule has 3 aromatic carbocycles. The van der Waals surface area contributed by atoms with Crippen molar-refractivity contribution < 1.29 is 9.53 Å². The number of benzene rings is 3. The molecular weight excluding hydrogens is 413 g/mol. The second-order valence-electron chi connectivity index (χ2n) is 6.32. The van der Waals surface area contributed by atoms with Gasteiger partial charge in [0.25, 0.3) is 5.91 Å². The van der Waals surface area contributed by atoms with Crippen LogP contribution in [-0.2, 0) is 10.5 Å². The minimum atomic E-state index is -0.568. The summed E-state index contributed by atoms with van der Waals surface area (Å²) >= 11 is 13.8. The maximum atomic E-state index is 12.3. The number of amides is 1. The molecule has 6 heteroatoms.